The minimum Gasteiger partial charge on any atom is -0.497 e. The van der Waals surface area contributed by atoms with E-state index in [1.165, 1.54) is 5.56 Å². The van der Waals surface area contributed by atoms with Gasteiger partial charge in [0.25, 0.3) is 5.91 Å². The number of carbonyl (C=O) groups excluding carboxylic acids is 1. The lowest BCUT2D eigenvalue weighted by Crippen LogP contribution is -2.26. The average molecular weight is 348 g/mol. The normalized spacial score (nSPS) is 18.3. The second kappa shape index (κ2) is 7.00. The van der Waals surface area contributed by atoms with E-state index in [2.05, 4.69) is 27.8 Å². The summed E-state index contributed by atoms with van der Waals surface area (Å²) in [5.74, 6) is 1.04. The number of nitrogens with one attached hydrogen (secondary N) is 1. The van der Waals surface area contributed by atoms with Gasteiger partial charge in [-0.15, -0.1) is 5.10 Å². The third-order valence-corrected chi connectivity index (χ3v) is 4.61. The van der Waals surface area contributed by atoms with Crippen LogP contribution in [-0.4, -0.2) is 34.1 Å². The van der Waals surface area contributed by atoms with Gasteiger partial charge < -0.3 is 10.1 Å². The van der Waals surface area contributed by atoms with Gasteiger partial charge in [-0.1, -0.05) is 47.7 Å². The Balaban J connectivity index is 1.35. The minimum atomic E-state index is -0.172. The number of carbonyl (C=O) groups is 1. The summed E-state index contributed by atoms with van der Waals surface area (Å²) >= 11 is 0. The fourth-order valence-electron chi connectivity index (χ4n) is 3.06. The van der Waals surface area contributed by atoms with Crippen molar-refractivity contribution in [3.8, 4) is 5.75 Å². The zero-order valence-corrected chi connectivity index (χ0v) is 14.5. The molecule has 0 aliphatic heterocycles. The van der Waals surface area contributed by atoms with Crippen LogP contribution >= 0.6 is 0 Å². The molecule has 1 aliphatic rings. The monoisotopic (exact) mass is 348 g/mol. The fraction of sp³-hybridized carbons (Fsp3) is 0.250. The van der Waals surface area contributed by atoms with E-state index in [9.17, 15) is 4.79 Å². The molecule has 1 amide bonds. The number of nitrogens with zero attached hydrogens (tertiary/aromatic N) is 3. The summed E-state index contributed by atoms with van der Waals surface area (Å²) in [5.41, 5.74) is 2.67. The van der Waals surface area contributed by atoms with Gasteiger partial charge in [-0.25, -0.2) is 4.68 Å². The van der Waals surface area contributed by atoms with Gasteiger partial charge >= 0.3 is 0 Å². The minimum absolute atomic E-state index is 0.172. The molecule has 0 radical (unpaired) electrons. The Labute approximate surface area is 151 Å². The topological polar surface area (TPSA) is 69.0 Å². The molecule has 1 saturated carbocycles. The highest BCUT2D eigenvalue weighted by Gasteiger charge is 2.39. The van der Waals surface area contributed by atoms with E-state index in [0.717, 1.165) is 17.7 Å². The molecule has 0 unspecified atom stereocenters. The summed E-state index contributed by atoms with van der Waals surface area (Å²) in [5, 5.41) is 11.1. The molecule has 0 bridgehead atoms. The van der Waals surface area contributed by atoms with Crippen molar-refractivity contribution in [1.82, 2.24) is 20.3 Å². The Morgan fingerprint density at radius 2 is 1.96 bits per heavy atom. The Hall–Kier alpha value is -3.15. The van der Waals surface area contributed by atoms with Crippen molar-refractivity contribution < 1.29 is 9.53 Å². The Morgan fingerprint density at radius 3 is 2.69 bits per heavy atom. The molecule has 3 aromatic rings. The van der Waals surface area contributed by atoms with Crippen LogP contribution < -0.4 is 10.1 Å². The lowest BCUT2D eigenvalue weighted by molar-refractivity contribution is 0.0945. The smallest absolute Gasteiger partial charge is 0.273 e. The molecule has 4 rings (SSSR count). The summed E-state index contributed by atoms with van der Waals surface area (Å²) < 4.78 is 6.82. The summed E-state index contributed by atoms with van der Waals surface area (Å²) in [6, 6.07) is 18.2. The van der Waals surface area contributed by atoms with E-state index in [0.29, 0.717) is 18.2 Å². The van der Waals surface area contributed by atoms with Crippen LogP contribution in [-0.2, 0) is 6.54 Å². The molecular formula is C20H20N4O2. The van der Waals surface area contributed by atoms with E-state index >= 15 is 0 Å². The number of hydrogen-bond acceptors (Lipinski definition) is 4. The van der Waals surface area contributed by atoms with Crippen molar-refractivity contribution in [3.63, 3.8) is 0 Å². The Kier molecular flexibility index (Phi) is 4.39. The molecular weight excluding hydrogens is 328 g/mol. The molecule has 0 spiro atoms. The third kappa shape index (κ3) is 3.59. The highest BCUT2D eigenvalue weighted by Crippen LogP contribution is 2.40. The maximum Gasteiger partial charge on any atom is 0.273 e. The van der Waals surface area contributed by atoms with Crippen LogP contribution in [0.2, 0.25) is 0 Å². The number of aromatic nitrogens is 3. The van der Waals surface area contributed by atoms with Crippen molar-refractivity contribution in [1.29, 1.82) is 0 Å². The Bertz CT molecular complexity index is 890. The number of hydrogen-bond donors (Lipinski definition) is 1. The number of methoxy groups -OCH3 is 1. The van der Waals surface area contributed by atoms with Crippen LogP contribution in [0.4, 0.5) is 0 Å². The van der Waals surface area contributed by atoms with Crippen LogP contribution in [0.25, 0.3) is 0 Å². The van der Waals surface area contributed by atoms with Gasteiger partial charge in [0.1, 0.15) is 5.75 Å². The molecule has 0 saturated heterocycles. The van der Waals surface area contributed by atoms with Gasteiger partial charge in [-0.3, -0.25) is 4.79 Å². The molecule has 1 heterocycles. The second-order valence-corrected chi connectivity index (χ2v) is 6.48. The maximum atomic E-state index is 12.4. The fourth-order valence-corrected chi connectivity index (χ4v) is 3.06. The lowest BCUT2D eigenvalue weighted by Gasteiger charge is -2.03. The van der Waals surface area contributed by atoms with E-state index < -0.39 is 0 Å². The summed E-state index contributed by atoms with van der Waals surface area (Å²) in [6.07, 6.45) is 2.65. The lowest BCUT2D eigenvalue weighted by atomic mass is 10.1. The van der Waals surface area contributed by atoms with Crippen LogP contribution in [0.5, 0.6) is 5.75 Å². The average Bonchev–Trinajstić information content (AvgIpc) is 3.29. The quantitative estimate of drug-likeness (QED) is 0.743. The van der Waals surface area contributed by atoms with Gasteiger partial charge in [-0.05, 0) is 29.7 Å². The van der Waals surface area contributed by atoms with Gasteiger partial charge in [0, 0.05) is 12.0 Å². The van der Waals surface area contributed by atoms with E-state index in [-0.39, 0.29) is 11.9 Å². The van der Waals surface area contributed by atoms with Gasteiger partial charge in [0.05, 0.1) is 19.9 Å². The summed E-state index contributed by atoms with van der Waals surface area (Å²) in [4.78, 5) is 12.4. The predicted octanol–water partition coefficient (Wildman–Crippen LogP) is 2.62. The number of benzene rings is 2. The molecule has 2 atom stereocenters. The second-order valence-electron chi connectivity index (χ2n) is 6.48. The zero-order valence-electron chi connectivity index (χ0n) is 14.5. The number of amides is 1. The molecule has 26 heavy (non-hydrogen) atoms. The highest BCUT2D eigenvalue weighted by molar-refractivity contribution is 5.92. The molecule has 1 N–H and O–H groups in total. The predicted molar refractivity (Wildman–Crippen MR) is 97.2 cm³/mol. The summed E-state index contributed by atoms with van der Waals surface area (Å²) in [6.45, 7) is 0.556. The molecule has 1 aliphatic carbocycles. The maximum absolute atomic E-state index is 12.4. The number of rotatable bonds is 6. The zero-order chi connectivity index (χ0) is 17.9. The van der Waals surface area contributed by atoms with E-state index in [1.807, 2.05) is 42.5 Å². The van der Waals surface area contributed by atoms with Crippen molar-refractivity contribution in [2.45, 2.75) is 24.9 Å². The number of ether oxygens (including phenoxy) is 1. The summed E-state index contributed by atoms with van der Waals surface area (Å²) in [7, 11) is 1.64. The van der Waals surface area contributed by atoms with Crippen molar-refractivity contribution in [2.75, 3.05) is 7.11 Å². The largest absolute Gasteiger partial charge is 0.497 e. The van der Waals surface area contributed by atoms with Gasteiger partial charge in [0.15, 0.2) is 5.69 Å². The first kappa shape index (κ1) is 16.3. The van der Waals surface area contributed by atoms with Gasteiger partial charge in [0.2, 0.25) is 0 Å². The standard InChI is InChI=1S/C20H20N4O2/c1-26-16-9-7-14(8-10-16)12-24-13-19(22-23-24)20(25)21-18-11-17(18)15-5-3-2-4-6-15/h2-10,13,17-18H,11-12H2,1H3,(H,21,25)/t17-,18+/m0/s1. The van der Waals surface area contributed by atoms with Gasteiger partial charge in [-0.2, -0.15) is 0 Å². The Morgan fingerprint density at radius 1 is 1.19 bits per heavy atom. The molecule has 6 heteroatoms. The first-order valence-electron chi connectivity index (χ1n) is 8.62. The third-order valence-electron chi connectivity index (χ3n) is 4.61. The van der Waals surface area contributed by atoms with Crippen LogP contribution in [0.1, 0.15) is 34.0 Å². The first-order chi connectivity index (χ1) is 12.7. The molecule has 132 valence electrons. The van der Waals surface area contributed by atoms with E-state index in [1.54, 1.807) is 18.0 Å². The molecule has 6 nitrogen and oxygen atoms in total. The van der Waals surface area contributed by atoms with Crippen LogP contribution in [0.3, 0.4) is 0 Å². The SMILES string of the molecule is COc1ccc(Cn2cc(C(=O)N[C@@H]3C[C@H]3c3ccccc3)nn2)cc1. The molecule has 1 aromatic heterocycles. The van der Waals surface area contributed by atoms with Crippen molar-refractivity contribution >= 4 is 5.91 Å². The molecule has 1 fully saturated rings. The first-order valence-corrected chi connectivity index (χ1v) is 8.62. The van der Waals surface area contributed by atoms with Crippen LogP contribution in [0.15, 0.2) is 60.8 Å². The van der Waals surface area contributed by atoms with Crippen molar-refractivity contribution in [2.24, 2.45) is 0 Å². The van der Waals surface area contributed by atoms with Crippen LogP contribution in [0, 0.1) is 0 Å². The highest BCUT2D eigenvalue weighted by atomic mass is 16.5. The molecule has 2 aromatic carbocycles. The van der Waals surface area contributed by atoms with Crippen molar-refractivity contribution in [3.05, 3.63) is 77.6 Å². The van der Waals surface area contributed by atoms with E-state index in [4.69, 9.17) is 4.74 Å².